The summed E-state index contributed by atoms with van der Waals surface area (Å²) in [6, 6.07) is 11.5. The first-order valence-electron chi connectivity index (χ1n) is 5.92. The number of hydrogen-bond acceptors (Lipinski definition) is 5. The van der Waals surface area contributed by atoms with E-state index in [2.05, 4.69) is 21.4 Å². The molecular weight excluding hydrogens is 238 g/mol. The minimum absolute atomic E-state index is 0.566. The molecule has 0 fully saturated rings. The number of nitrogens with zero attached hydrogens (tertiary/aromatic N) is 4. The van der Waals surface area contributed by atoms with Crippen molar-refractivity contribution in [1.29, 1.82) is 5.26 Å². The first-order valence-corrected chi connectivity index (χ1v) is 5.92. The Balaban J connectivity index is 2.47. The fourth-order valence-electron chi connectivity index (χ4n) is 1.82. The summed E-state index contributed by atoms with van der Waals surface area (Å²) in [5.41, 5.74) is 2.31. The van der Waals surface area contributed by atoms with Crippen molar-refractivity contribution in [3.8, 4) is 6.07 Å². The quantitative estimate of drug-likeness (QED) is 0.910. The average molecular weight is 253 g/mol. The minimum atomic E-state index is 0.566. The van der Waals surface area contributed by atoms with Crippen LogP contribution < -0.4 is 10.2 Å². The van der Waals surface area contributed by atoms with Crippen LogP contribution in [0.4, 0.5) is 17.5 Å². The number of nitrogens with one attached hydrogen (secondary N) is 1. The molecule has 0 saturated heterocycles. The standard InChI is InChI=1S/C14H15N5/c1-10-8-13(18-14(16-2)17-10)19(3)12-7-5-4-6-11(12)9-15/h4-8H,1-3H3,(H,16,17,18). The molecule has 0 spiro atoms. The highest BCUT2D eigenvalue weighted by molar-refractivity contribution is 5.67. The maximum absolute atomic E-state index is 9.15. The number of rotatable bonds is 3. The number of para-hydroxylation sites is 1. The van der Waals surface area contributed by atoms with Gasteiger partial charge in [0.05, 0.1) is 11.3 Å². The lowest BCUT2D eigenvalue weighted by Crippen LogP contribution is -2.14. The Bertz CT molecular complexity index is 630. The van der Waals surface area contributed by atoms with Crippen molar-refractivity contribution in [3.05, 3.63) is 41.6 Å². The number of aromatic nitrogens is 2. The van der Waals surface area contributed by atoms with Gasteiger partial charge in [-0.1, -0.05) is 12.1 Å². The second-order valence-corrected chi connectivity index (χ2v) is 4.13. The first-order chi connectivity index (χ1) is 9.15. The number of hydrogen-bond donors (Lipinski definition) is 1. The molecule has 1 aromatic carbocycles. The van der Waals surface area contributed by atoms with Crippen molar-refractivity contribution in [2.75, 3.05) is 24.3 Å². The fourth-order valence-corrected chi connectivity index (χ4v) is 1.82. The lowest BCUT2D eigenvalue weighted by Gasteiger charge is -2.20. The first kappa shape index (κ1) is 12.8. The van der Waals surface area contributed by atoms with Crippen molar-refractivity contribution in [2.45, 2.75) is 6.92 Å². The molecule has 0 aliphatic carbocycles. The highest BCUT2D eigenvalue weighted by Crippen LogP contribution is 2.25. The Morgan fingerprint density at radius 1 is 1.26 bits per heavy atom. The highest BCUT2D eigenvalue weighted by Gasteiger charge is 2.11. The van der Waals surface area contributed by atoms with E-state index in [-0.39, 0.29) is 0 Å². The number of nitriles is 1. The van der Waals surface area contributed by atoms with E-state index in [4.69, 9.17) is 5.26 Å². The fraction of sp³-hybridized carbons (Fsp3) is 0.214. The van der Waals surface area contributed by atoms with Gasteiger partial charge < -0.3 is 10.2 Å². The zero-order chi connectivity index (χ0) is 13.8. The van der Waals surface area contributed by atoms with Crippen LogP contribution in [-0.2, 0) is 0 Å². The van der Waals surface area contributed by atoms with Crippen LogP contribution >= 0.6 is 0 Å². The summed E-state index contributed by atoms with van der Waals surface area (Å²) in [6.07, 6.45) is 0. The average Bonchev–Trinajstić information content (AvgIpc) is 2.45. The van der Waals surface area contributed by atoms with Crippen LogP contribution in [0.25, 0.3) is 0 Å². The summed E-state index contributed by atoms with van der Waals surface area (Å²) < 4.78 is 0. The van der Waals surface area contributed by atoms with Gasteiger partial charge in [0.15, 0.2) is 0 Å². The third-order valence-electron chi connectivity index (χ3n) is 2.79. The van der Waals surface area contributed by atoms with Crippen molar-refractivity contribution in [2.24, 2.45) is 0 Å². The van der Waals surface area contributed by atoms with Gasteiger partial charge in [-0.25, -0.2) is 4.98 Å². The van der Waals surface area contributed by atoms with Gasteiger partial charge in [-0.15, -0.1) is 0 Å². The van der Waals surface area contributed by atoms with Gasteiger partial charge in [0.2, 0.25) is 5.95 Å². The minimum Gasteiger partial charge on any atom is -0.357 e. The molecule has 0 aliphatic rings. The SMILES string of the molecule is CNc1nc(C)cc(N(C)c2ccccc2C#N)n1. The van der Waals surface area contributed by atoms with Gasteiger partial charge in [-0.2, -0.15) is 10.2 Å². The largest absolute Gasteiger partial charge is 0.357 e. The van der Waals surface area contributed by atoms with Gasteiger partial charge >= 0.3 is 0 Å². The molecule has 96 valence electrons. The molecule has 1 aromatic heterocycles. The van der Waals surface area contributed by atoms with E-state index in [1.165, 1.54) is 0 Å². The molecule has 1 N–H and O–H groups in total. The predicted molar refractivity (Wildman–Crippen MR) is 75.5 cm³/mol. The highest BCUT2D eigenvalue weighted by atomic mass is 15.2. The Labute approximate surface area is 112 Å². The molecule has 0 radical (unpaired) electrons. The van der Waals surface area contributed by atoms with E-state index in [1.54, 1.807) is 13.1 Å². The normalized spacial score (nSPS) is 9.79. The molecule has 5 heteroatoms. The summed E-state index contributed by atoms with van der Waals surface area (Å²) >= 11 is 0. The smallest absolute Gasteiger partial charge is 0.224 e. The lowest BCUT2D eigenvalue weighted by atomic mass is 10.2. The maximum atomic E-state index is 9.15. The summed E-state index contributed by atoms with van der Waals surface area (Å²) in [5, 5.41) is 12.1. The van der Waals surface area contributed by atoms with Crippen LogP contribution in [-0.4, -0.2) is 24.1 Å². The zero-order valence-corrected chi connectivity index (χ0v) is 11.2. The number of benzene rings is 1. The molecule has 19 heavy (non-hydrogen) atoms. The van der Waals surface area contributed by atoms with Crippen molar-refractivity contribution in [1.82, 2.24) is 9.97 Å². The van der Waals surface area contributed by atoms with E-state index < -0.39 is 0 Å². The summed E-state index contributed by atoms with van der Waals surface area (Å²) in [6.45, 7) is 1.91. The van der Waals surface area contributed by atoms with Crippen molar-refractivity contribution in [3.63, 3.8) is 0 Å². The van der Waals surface area contributed by atoms with Crippen LogP contribution in [0.15, 0.2) is 30.3 Å². The molecule has 0 amide bonds. The molecule has 0 aliphatic heterocycles. The van der Waals surface area contributed by atoms with Crippen molar-refractivity contribution >= 4 is 17.5 Å². The molecule has 2 aromatic rings. The molecular formula is C14H15N5. The molecule has 0 saturated carbocycles. The van der Waals surface area contributed by atoms with Gasteiger partial charge in [0.25, 0.3) is 0 Å². The molecule has 1 heterocycles. The third-order valence-corrected chi connectivity index (χ3v) is 2.79. The van der Waals surface area contributed by atoms with Gasteiger partial charge in [-0.3, -0.25) is 0 Å². The van der Waals surface area contributed by atoms with E-state index in [9.17, 15) is 0 Å². The van der Waals surface area contributed by atoms with Crippen LogP contribution in [0, 0.1) is 18.3 Å². The van der Waals surface area contributed by atoms with Crippen LogP contribution in [0.1, 0.15) is 11.3 Å². The van der Waals surface area contributed by atoms with Crippen LogP contribution in [0.2, 0.25) is 0 Å². The second kappa shape index (κ2) is 5.36. The molecule has 0 bridgehead atoms. The Kier molecular flexibility index (Phi) is 3.62. The third kappa shape index (κ3) is 2.63. The van der Waals surface area contributed by atoms with Crippen LogP contribution in [0.3, 0.4) is 0 Å². The summed E-state index contributed by atoms with van der Waals surface area (Å²) in [4.78, 5) is 10.5. The zero-order valence-electron chi connectivity index (χ0n) is 11.2. The van der Waals surface area contributed by atoms with E-state index in [0.717, 1.165) is 17.2 Å². The second-order valence-electron chi connectivity index (χ2n) is 4.13. The van der Waals surface area contributed by atoms with Crippen LogP contribution in [0.5, 0.6) is 0 Å². The maximum Gasteiger partial charge on any atom is 0.224 e. The number of anilines is 3. The molecule has 5 nitrogen and oxygen atoms in total. The molecule has 0 atom stereocenters. The van der Waals surface area contributed by atoms with E-state index >= 15 is 0 Å². The summed E-state index contributed by atoms with van der Waals surface area (Å²) in [7, 11) is 3.67. The Morgan fingerprint density at radius 3 is 2.68 bits per heavy atom. The lowest BCUT2D eigenvalue weighted by molar-refractivity contribution is 1.04. The Hall–Kier alpha value is -2.61. The Morgan fingerprint density at radius 2 is 2.00 bits per heavy atom. The van der Waals surface area contributed by atoms with Gasteiger partial charge in [0.1, 0.15) is 11.9 Å². The number of aryl methyl sites for hydroxylation is 1. The molecule has 0 unspecified atom stereocenters. The van der Waals surface area contributed by atoms with Gasteiger partial charge in [-0.05, 0) is 19.1 Å². The van der Waals surface area contributed by atoms with Crippen molar-refractivity contribution < 1.29 is 0 Å². The topological polar surface area (TPSA) is 64.8 Å². The monoisotopic (exact) mass is 253 g/mol. The van der Waals surface area contributed by atoms with E-state index in [1.807, 2.05) is 43.1 Å². The van der Waals surface area contributed by atoms with Gasteiger partial charge in [0, 0.05) is 25.9 Å². The predicted octanol–water partition coefficient (Wildman–Crippen LogP) is 2.47. The van der Waals surface area contributed by atoms with E-state index in [0.29, 0.717) is 11.5 Å². The summed E-state index contributed by atoms with van der Waals surface area (Å²) in [5.74, 6) is 1.32. The molecule has 2 rings (SSSR count).